The molecule has 22 heavy (non-hydrogen) atoms. The molecule has 0 aliphatic carbocycles. The van der Waals surface area contributed by atoms with Gasteiger partial charge in [-0.25, -0.2) is 0 Å². The van der Waals surface area contributed by atoms with Gasteiger partial charge in [-0.1, -0.05) is 36.4 Å². The van der Waals surface area contributed by atoms with Gasteiger partial charge in [0, 0.05) is 23.9 Å². The van der Waals surface area contributed by atoms with Gasteiger partial charge in [0.25, 0.3) is 0 Å². The van der Waals surface area contributed by atoms with E-state index < -0.39 is 15.5 Å². The second kappa shape index (κ2) is 5.53. The van der Waals surface area contributed by atoms with Crippen LogP contribution in [0.25, 0.3) is 11.1 Å². The van der Waals surface area contributed by atoms with Crippen LogP contribution >= 0.6 is 0 Å². The van der Waals surface area contributed by atoms with Crippen molar-refractivity contribution in [3.63, 3.8) is 0 Å². The van der Waals surface area contributed by atoms with Gasteiger partial charge >= 0.3 is 15.5 Å². The first kappa shape index (κ1) is 16.2. The fourth-order valence-corrected chi connectivity index (χ4v) is 2.73. The second-order valence-corrected chi connectivity index (χ2v) is 6.48. The first-order chi connectivity index (χ1) is 10.2. The Bertz CT molecular complexity index is 789. The number of alkyl halides is 3. The van der Waals surface area contributed by atoms with Crippen LogP contribution in [0.15, 0.2) is 48.5 Å². The van der Waals surface area contributed by atoms with Gasteiger partial charge in [0.1, 0.15) is 0 Å². The highest BCUT2D eigenvalue weighted by Crippen LogP contribution is 2.37. The molecule has 0 fully saturated rings. The van der Waals surface area contributed by atoms with Crippen molar-refractivity contribution in [3.8, 4) is 11.1 Å². The predicted molar refractivity (Wildman–Crippen MR) is 79.7 cm³/mol. The molecule has 8 heteroatoms. The number of benzene rings is 2. The zero-order chi connectivity index (χ0) is 16.5. The van der Waals surface area contributed by atoms with Crippen molar-refractivity contribution in [2.75, 3.05) is 17.1 Å². The fraction of sp³-hybridized carbons (Fsp3) is 0.143. The van der Waals surface area contributed by atoms with Gasteiger partial charge in [-0.15, -0.1) is 0 Å². The van der Waals surface area contributed by atoms with Crippen LogP contribution in [0.4, 0.5) is 24.5 Å². The first-order valence-electron chi connectivity index (χ1n) is 6.15. The molecule has 2 N–H and O–H groups in total. The first-order valence-corrected chi connectivity index (χ1v) is 7.59. The molecule has 0 aliphatic heterocycles. The van der Waals surface area contributed by atoms with E-state index in [1.807, 2.05) is 0 Å². The van der Waals surface area contributed by atoms with Crippen LogP contribution in [0.2, 0.25) is 0 Å². The van der Waals surface area contributed by atoms with E-state index in [4.69, 9.17) is 5.73 Å². The molecule has 118 valence electrons. The van der Waals surface area contributed by atoms with Gasteiger partial charge < -0.3 is 5.73 Å². The molecule has 2 aromatic rings. The maximum Gasteiger partial charge on any atom is 0.516 e. The number of halogens is 3. The molecule has 0 spiro atoms. The molecule has 2 rings (SSSR count). The molecule has 4 nitrogen and oxygen atoms in total. The number of para-hydroxylation sites is 2. The second-order valence-electron chi connectivity index (χ2n) is 4.52. The average Bonchev–Trinajstić information content (AvgIpc) is 2.46. The van der Waals surface area contributed by atoms with Crippen molar-refractivity contribution >= 4 is 21.4 Å². The Morgan fingerprint density at radius 1 is 0.955 bits per heavy atom. The quantitative estimate of drug-likeness (QED) is 0.879. The summed E-state index contributed by atoms with van der Waals surface area (Å²) in [5.74, 6) is 0. The maximum absolute atomic E-state index is 12.7. The lowest BCUT2D eigenvalue weighted by Crippen LogP contribution is -2.38. The Hall–Kier alpha value is -2.22. The Balaban J connectivity index is 2.62. The minimum absolute atomic E-state index is 0.0993. The highest BCUT2D eigenvalue weighted by molar-refractivity contribution is 7.93. The number of hydrogen-bond donors (Lipinski definition) is 1. The van der Waals surface area contributed by atoms with Gasteiger partial charge in [-0.3, -0.25) is 4.31 Å². The lowest BCUT2D eigenvalue weighted by molar-refractivity contribution is -0.0437. The van der Waals surface area contributed by atoms with E-state index in [-0.39, 0.29) is 9.99 Å². The van der Waals surface area contributed by atoms with E-state index in [0.29, 0.717) is 16.8 Å². The van der Waals surface area contributed by atoms with E-state index in [2.05, 4.69) is 0 Å². The molecule has 0 aromatic heterocycles. The molecule has 0 unspecified atom stereocenters. The monoisotopic (exact) mass is 330 g/mol. The Kier molecular flexibility index (Phi) is 4.06. The van der Waals surface area contributed by atoms with E-state index >= 15 is 0 Å². The standard InChI is InChI=1S/C14H13F3N2O2S/c1-19(22(20,21)14(15,16)17)13-9-5-3-7-11(13)10-6-2-4-8-12(10)18/h2-9H,18H2,1H3. The number of anilines is 2. The van der Waals surface area contributed by atoms with Crippen LogP contribution in [0.5, 0.6) is 0 Å². The van der Waals surface area contributed by atoms with Crippen molar-refractivity contribution in [1.82, 2.24) is 0 Å². The lowest BCUT2D eigenvalue weighted by Gasteiger charge is -2.23. The van der Waals surface area contributed by atoms with Crippen LogP contribution < -0.4 is 10.0 Å². The van der Waals surface area contributed by atoms with Gasteiger partial charge in [-0.2, -0.15) is 21.6 Å². The van der Waals surface area contributed by atoms with Crippen molar-refractivity contribution in [2.24, 2.45) is 0 Å². The van der Waals surface area contributed by atoms with Gasteiger partial charge in [0.2, 0.25) is 0 Å². The minimum Gasteiger partial charge on any atom is -0.398 e. The van der Waals surface area contributed by atoms with Gasteiger partial charge in [-0.05, 0) is 12.1 Å². The summed E-state index contributed by atoms with van der Waals surface area (Å²) >= 11 is 0. The maximum atomic E-state index is 12.7. The van der Waals surface area contributed by atoms with Crippen LogP contribution in [0.3, 0.4) is 0 Å². The van der Waals surface area contributed by atoms with Crippen LogP contribution in [0, 0.1) is 0 Å². The van der Waals surface area contributed by atoms with Gasteiger partial charge in [0.05, 0.1) is 5.69 Å². The third-order valence-electron chi connectivity index (χ3n) is 3.15. The number of nitrogen functional groups attached to an aromatic ring is 1. The zero-order valence-electron chi connectivity index (χ0n) is 11.5. The number of sulfonamides is 1. The summed E-state index contributed by atoms with van der Waals surface area (Å²) in [6.07, 6.45) is 0. The molecule has 0 heterocycles. The SMILES string of the molecule is CN(c1ccccc1-c1ccccc1N)S(=O)(=O)C(F)(F)F. The molecule has 2 aromatic carbocycles. The Labute approximate surface area is 126 Å². The van der Waals surface area contributed by atoms with E-state index in [9.17, 15) is 21.6 Å². The summed E-state index contributed by atoms with van der Waals surface area (Å²) in [4.78, 5) is 0. The molecular weight excluding hydrogens is 317 g/mol. The normalized spacial score (nSPS) is 12.2. The summed E-state index contributed by atoms with van der Waals surface area (Å²) in [7, 11) is -4.62. The largest absolute Gasteiger partial charge is 0.516 e. The lowest BCUT2D eigenvalue weighted by atomic mass is 10.0. The summed E-state index contributed by atoms with van der Waals surface area (Å²) < 4.78 is 61.6. The minimum atomic E-state index is -5.48. The van der Waals surface area contributed by atoms with Crippen molar-refractivity contribution in [1.29, 1.82) is 0 Å². The molecule has 0 atom stereocenters. The third kappa shape index (κ3) is 2.74. The fourth-order valence-electron chi connectivity index (χ4n) is 2.00. The average molecular weight is 330 g/mol. The number of nitrogens with two attached hydrogens (primary N) is 1. The predicted octanol–water partition coefficient (Wildman–Crippen LogP) is 3.22. The van der Waals surface area contributed by atoms with Crippen molar-refractivity contribution in [2.45, 2.75) is 5.51 Å². The number of nitrogens with zero attached hydrogens (tertiary/aromatic N) is 1. The summed E-state index contributed by atoms with van der Waals surface area (Å²) in [6.45, 7) is 0. The zero-order valence-corrected chi connectivity index (χ0v) is 12.3. The van der Waals surface area contributed by atoms with Crippen LogP contribution in [-0.4, -0.2) is 21.0 Å². The van der Waals surface area contributed by atoms with E-state index in [1.165, 1.54) is 18.2 Å². The molecule has 0 radical (unpaired) electrons. The van der Waals surface area contributed by atoms with E-state index in [1.54, 1.807) is 30.3 Å². The molecule has 0 bridgehead atoms. The summed E-state index contributed by atoms with van der Waals surface area (Å²) in [5.41, 5.74) is 1.45. The van der Waals surface area contributed by atoms with Gasteiger partial charge in [0.15, 0.2) is 0 Å². The number of rotatable bonds is 3. The van der Waals surface area contributed by atoms with Crippen molar-refractivity contribution in [3.05, 3.63) is 48.5 Å². The molecule has 0 saturated carbocycles. The van der Waals surface area contributed by atoms with Crippen LogP contribution in [-0.2, 0) is 10.0 Å². The Morgan fingerprint density at radius 3 is 2.00 bits per heavy atom. The Morgan fingerprint density at radius 2 is 1.45 bits per heavy atom. The molecular formula is C14H13F3N2O2S. The number of hydrogen-bond acceptors (Lipinski definition) is 3. The summed E-state index contributed by atoms with van der Waals surface area (Å²) in [5, 5.41) is 0. The topological polar surface area (TPSA) is 63.4 Å². The van der Waals surface area contributed by atoms with Crippen molar-refractivity contribution < 1.29 is 21.6 Å². The third-order valence-corrected chi connectivity index (χ3v) is 4.65. The smallest absolute Gasteiger partial charge is 0.398 e. The van der Waals surface area contributed by atoms with E-state index in [0.717, 1.165) is 7.05 Å². The summed E-state index contributed by atoms with van der Waals surface area (Å²) in [6, 6.07) is 12.4. The van der Waals surface area contributed by atoms with Crippen LogP contribution in [0.1, 0.15) is 0 Å². The highest BCUT2D eigenvalue weighted by atomic mass is 32.2. The highest BCUT2D eigenvalue weighted by Gasteiger charge is 2.49. The molecule has 0 saturated heterocycles. The molecule has 0 aliphatic rings. The molecule has 0 amide bonds.